The molecule has 1 aromatic carbocycles. The maximum atomic E-state index is 6.13. The van der Waals surface area contributed by atoms with Crippen LogP contribution in [-0.2, 0) is 0 Å². The zero-order chi connectivity index (χ0) is 11.8. The fraction of sp³-hybridized carbons (Fsp3) is 0. The van der Waals surface area contributed by atoms with E-state index in [1.165, 1.54) is 0 Å². The van der Waals surface area contributed by atoms with E-state index in [9.17, 15) is 0 Å². The molecular formula is C12H7Cl2N3. The number of nitrogens with zero attached hydrogens (tertiary/aromatic N) is 2. The Morgan fingerprint density at radius 2 is 2.00 bits per heavy atom. The van der Waals surface area contributed by atoms with Gasteiger partial charge in [0.05, 0.1) is 16.9 Å². The molecule has 3 aromatic rings. The van der Waals surface area contributed by atoms with Crippen LogP contribution in [0.3, 0.4) is 0 Å². The molecule has 0 aliphatic rings. The molecule has 0 aliphatic carbocycles. The predicted octanol–water partition coefficient (Wildman–Crippen LogP) is 3.93. The zero-order valence-electron chi connectivity index (χ0n) is 8.61. The molecule has 3 rings (SSSR count). The third-order valence-corrected chi connectivity index (χ3v) is 3.02. The van der Waals surface area contributed by atoms with Crippen molar-refractivity contribution in [2.24, 2.45) is 0 Å². The van der Waals surface area contributed by atoms with Crippen LogP contribution in [0.25, 0.3) is 22.4 Å². The number of nitrogens with one attached hydrogen (secondary N) is 1. The molecule has 17 heavy (non-hydrogen) atoms. The van der Waals surface area contributed by atoms with Gasteiger partial charge in [0.1, 0.15) is 5.52 Å². The van der Waals surface area contributed by atoms with Gasteiger partial charge in [-0.15, -0.1) is 0 Å². The molecule has 0 bridgehead atoms. The monoisotopic (exact) mass is 263 g/mol. The molecule has 0 atom stereocenters. The van der Waals surface area contributed by atoms with E-state index in [0.717, 1.165) is 22.4 Å². The van der Waals surface area contributed by atoms with Crippen molar-refractivity contribution in [1.29, 1.82) is 0 Å². The van der Waals surface area contributed by atoms with Crippen LogP contribution in [0.5, 0.6) is 0 Å². The van der Waals surface area contributed by atoms with Crippen molar-refractivity contribution in [1.82, 2.24) is 15.0 Å². The largest absolute Gasteiger partial charge is 0.345 e. The Hall–Kier alpha value is -1.58. The highest BCUT2D eigenvalue weighted by Gasteiger charge is 2.07. The van der Waals surface area contributed by atoms with Crippen LogP contribution in [0.1, 0.15) is 0 Å². The van der Waals surface area contributed by atoms with E-state index in [1.807, 2.05) is 12.1 Å². The molecule has 0 radical (unpaired) electrons. The predicted molar refractivity (Wildman–Crippen MR) is 69.3 cm³/mol. The standard InChI is InChI=1S/C12H7Cl2N3/c13-7-1-2-8(9(14)5-7)11-6-16-12-10(17-11)3-4-15-12/h1-6H,(H,15,16). The lowest BCUT2D eigenvalue weighted by atomic mass is 10.1. The summed E-state index contributed by atoms with van der Waals surface area (Å²) in [5, 5.41) is 1.18. The molecular weight excluding hydrogens is 257 g/mol. The first-order valence-electron chi connectivity index (χ1n) is 4.99. The molecule has 0 saturated heterocycles. The molecule has 0 fully saturated rings. The normalized spacial score (nSPS) is 10.9. The number of hydrogen-bond acceptors (Lipinski definition) is 2. The number of rotatable bonds is 1. The smallest absolute Gasteiger partial charge is 0.156 e. The Balaban J connectivity index is 2.19. The fourth-order valence-corrected chi connectivity index (χ4v) is 2.16. The highest BCUT2D eigenvalue weighted by Crippen LogP contribution is 2.29. The first kappa shape index (κ1) is 10.6. The van der Waals surface area contributed by atoms with Crippen LogP contribution >= 0.6 is 23.2 Å². The summed E-state index contributed by atoms with van der Waals surface area (Å²) in [6, 6.07) is 7.19. The van der Waals surface area contributed by atoms with E-state index in [1.54, 1.807) is 24.5 Å². The van der Waals surface area contributed by atoms with Crippen molar-refractivity contribution in [2.45, 2.75) is 0 Å². The summed E-state index contributed by atoms with van der Waals surface area (Å²) in [4.78, 5) is 11.7. The summed E-state index contributed by atoms with van der Waals surface area (Å²) in [6.45, 7) is 0. The molecule has 0 unspecified atom stereocenters. The van der Waals surface area contributed by atoms with Crippen LogP contribution in [-0.4, -0.2) is 15.0 Å². The molecule has 0 aliphatic heterocycles. The topological polar surface area (TPSA) is 41.6 Å². The molecule has 5 heteroatoms. The van der Waals surface area contributed by atoms with Crippen LogP contribution in [0.4, 0.5) is 0 Å². The first-order valence-corrected chi connectivity index (χ1v) is 5.75. The summed E-state index contributed by atoms with van der Waals surface area (Å²) in [5.41, 5.74) is 3.14. The highest BCUT2D eigenvalue weighted by atomic mass is 35.5. The van der Waals surface area contributed by atoms with E-state index in [4.69, 9.17) is 23.2 Å². The quantitative estimate of drug-likeness (QED) is 0.723. The number of benzene rings is 1. The van der Waals surface area contributed by atoms with Crippen molar-refractivity contribution in [3.05, 3.63) is 46.7 Å². The summed E-state index contributed by atoms with van der Waals surface area (Å²) in [5.74, 6) is 0. The third kappa shape index (κ3) is 1.88. The number of fused-ring (bicyclic) bond motifs is 1. The molecule has 0 amide bonds. The van der Waals surface area contributed by atoms with Gasteiger partial charge in [-0.3, -0.25) is 0 Å². The minimum absolute atomic E-state index is 0.571. The van der Waals surface area contributed by atoms with Crippen LogP contribution in [0.15, 0.2) is 36.7 Å². The maximum absolute atomic E-state index is 6.13. The summed E-state index contributed by atoms with van der Waals surface area (Å²) < 4.78 is 0. The van der Waals surface area contributed by atoms with Crippen molar-refractivity contribution in [2.75, 3.05) is 0 Å². The maximum Gasteiger partial charge on any atom is 0.156 e. The average Bonchev–Trinajstić information content (AvgIpc) is 2.75. The lowest BCUT2D eigenvalue weighted by Crippen LogP contribution is -1.87. The third-order valence-electron chi connectivity index (χ3n) is 2.47. The molecule has 2 aromatic heterocycles. The molecule has 1 N–H and O–H groups in total. The molecule has 84 valence electrons. The number of H-pyrrole nitrogens is 1. The van der Waals surface area contributed by atoms with E-state index in [2.05, 4.69) is 15.0 Å². The molecule has 0 saturated carbocycles. The Kier molecular flexibility index (Phi) is 2.50. The van der Waals surface area contributed by atoms with E-state index in [0.29, 0.717) is 10.0 Å². The Labute approximate surface area is 107 Å². The van der Waals surface area contributed by atoms with Gasteiger partial charge in [0, 0.05) is 16.8 Å². The van der Waals surface area contributed by atoms with Gasteiger partial charge < -0.3 is 4.98 Å². The lowest BCUT2D eigenvalue weighted by Gasteiger charge is -2.03. The van der Waals surface area contributed by atoms with Gasteiger partial charge in [-0.25, -0.2) is 9.97 Å². The van der Waals surface area contributed by atoms with Gasteiger partial charge in [0.2, 0.25) is 0 Å². The van der Waals surface area contributed by atoms with Crippen LogP contribution in [0.2, 0.25) is 10.0 Å². The minimum Gasteiger partial charge on any atom is -0.345 e. The highest BCUT2D eigenvalue weighted by molar-refractivity contribution is 6.36. The zero-order valence-corrected chi connectivity index (χ0v) is 10.1. The number of halogens is 2. The SMILES string of the molecule is Clc1ccc(-c2cnc3[nH]ccc3n2)c(Cl)c1. The van der Waals surface area contributed by atoms with Gasteiger partial charge >= 0.3 is 0 Å². The van der Waals surface area contributed by atoms with Crippen LogP contribution < -0.4 is 0 Å². The molecule has 3 nitrogen and oxygen atoms in total. The Morgan fingerprint density at radius 3 is 2.82 bits per heavy atom. The lowest BCUT2D eigenvalue weighted by molar-refractivity contribution is 1.26. The molecule has 0 spiro atoms. The van der Waals surface area contributed by atoms with Gasteiger partial charge in [-0.2, -0.15) is 0 Å². The second kappa shape index (κ2) is 4.02. The first-order chi connectivity index (χ1) is 8.24. The summed E-state index contributed by atoms with van der Waals surface area (Å²) in [6.07, 6.45) is 3.49. The summed E-state index contributed by atoms with van der Waals surface area (Å²) >= 11 is 12.0. The number of aromatic nitrogens is 3. The van der Waals surface area contributed by atoms with E-state index >= 15 is 0 Å². The van der Waals surface area contributed by atoms with Crippen molar-refractivity contribution in [3.63, 3.8) is 0 Å². The average molecular weight is 264 g/mol. The minimum atomic E-state index is 0.571. The summed E-state index contributed by atoms with van der Waals surface area (Å²) in [7, 11) is 0. The van der Waals surface area contributed by atoms with Gasteiger partial charge in [0.25, 0.3) is 0 Å². The fourth-order valence-electron chi connectivity index (χ4n) is 1.66. The number of hydrogen-bond donors (Lipinski definition) is 1. The number of aromatic amines is 1. The molecule has 2 heterocycles. The Bertz CT molecular complexity index is 691. The van der Waals surface area contributed by atoms with Crippen molar-refractivity contribution < 1.29 is 0 Å². The van der Waals surface area contributed by atoms with Crippen molar-refractivity contribution in [3.8, 4) is 11.3 Å². The second-order valence-corrected chi connectivity index (χ2v) is 4.43. The van der Waals surface area contributed by atoms with Gasteiger partial charge in [0.15, 0.2) is 5.65 Å². The second-order valence-electron chi connectivity index (χ2n) is 3.59. The van der Waals surface area contributed by atoms with E-state index < -0.39 is 0 Å². The van der Waals surface area contributed by atoms with Gasteiger partial charge in [-0.05, 0) is 24.3 Å². The van der Waals surface area contributed by atoms with E-state index in [-0.39, 0.29) is 0 Å². The van der Waals surface area contributed by atoms with Gasteiger partial charge in [-0.1, -0.05) is 23.2 Å². The Morgan fingerprint density at radius 1 is 1.12 bits per heavy atom. The van der Waals surface area contributed by atoms with Crippen LogP contribution in [0, 0.1) is 0 Å². The van der Waals surface area contributed by atoms with Crippen molar-refractivity contribution >= 4 is 34.4 Å².